The largest absolute Gasteiger partial charge is 0.458 e. The summed E-state index contributed by atoms with van der Waals surface area (Å²) in [6.45, 7) is 16.7. The van der Waals surface area contributed by atoms with Crippen molar-refractivity contribution in [1.82, 2.24) is 0 Å². The minimum absolute atomic E-state index is 0.211. The van der Waals surface area contributed by atoms with Gasteiger partial charge in [-0.2, -0.15) is 0 Å². The normalized spacial score (nSPS) is 39.0. The Morgan fingerprint density at radius 3 is 2.31 bits per heavy atom. The van der Waals surface area contributed by atoms with Crippen LogP contribution in [0.2, 0.25) is 0 Å². The third-order valence-electron chi connectivity index (χ3n) is 5.84. The van der Waals surface area contributed by atoms with Crippen molar-refractivity contribution >= 4 is 17.9 Å². The average molecular weight is 358 g/mol. The van der Waals surface area contributed by atoms with Gasteiger partial charge in [-0.1, -0.05) is 32.2 Å². The van der Waals surface area contributed by atoms with Crippen LogP contribution in [0.1, 0.15) is 20.8 Å². The maximum atomic E-state index is 12.4. The lowest BCUT2D eigenvalue weighted by Gasteiger charge is -2.49. The number of fused-ring (bicyclic) bond motifs is 3. The molecule has 138 valence electrons. The van der Waals surface area contributed by atoms with Gasteiger partial charge < -0.3 is 14.2 Å². The summed E-state index contributed by atoms with van der Waals surface area (Å²) in [5.74, 6) is -2.72. The quantitative estimate of drug-likeness (QED) is 0.333. The van der Waals surface area contributed by atoms with Gasteiger partial charge in [-0.25, -0.2) is 14.4 Å². The summed E-state index contributed by atoms with van der Waals surface area (Å²) in [7, 11) is 0. The molecule has 6 nitrogen and oxygen atoms in total. The fraction of sp³-hybridized carbons (Fsp3) is 0.450. The van der Waals surface area contributed by atoms with Gasteiger partial charge in [-0.3, -0.25) is 0 Å². The highest BCUT2D eigenvalue weighted by atomic mass is 16.6. The first-order valence-corrected chi connectivity index (χ1v) is 8.44. The summed E-state index contributed by atoms with van der Waals surface area (Å²) in [6, 6.07) is 0. The second-order valence-electron chi connectivity index (χ2n) is 7.16. The Labute approximate surface area is 152 Å². The molecule has 1 saturated carbocycles. The van der Waals surface area contributed by atoms with Gasteiger partial charge in [0.15, 0.2) is 6.10 Å². The standard InChI is InChI=1S/C20H22O6/c1-7-9(3)17(21)26-16-15-12(10(4)18(22)25-15)14-13(20(16,6)8-2)11(5)19(23)24-14/h7-8,12-16H,2,4-5H2,1,3,6H3. The molecule has 26 heavy (non-hydrogen) atoms. The molecule has 0 spiro atoms. The molecule has 0 radical (unpaired) electrons. The second kappa shape index (κ2) is 5.97. The first kappa shape index (κ1) is 18.2. The molecular weight excluding hydrogens is 336 g/mol. The van der Waals surface area contributed by atoms with E-state index < -0.39 is 53.5 Å². The zero-order valence-corrected chi connectivity index (χ0v) is 15.1. The molecule has 2 heterocycles. The van der Waals surface area contributed by atoms with E-state index in [4.69, 9.17) is 14.2 Å². The molecule has 6 atom stereocenters. The molecule has 2 saturated heterocycles. The van der Waals surface area contributed by atoms with Gasteiger partial charge in [0, 0.05) is 28.1 Å². The summed E-state index contributed by atoms with van der Waals surface area (Å²) >= 11 is 0. The Morgan fingerprint density at radius 2 is 1.73 bits per heavy atom. The molecule has 0 N–H and O–H groups in total. The van der Waals surface area contributed by atoms with E-state index in [-0.39, 0.29) is 11.1 Å². The zero-order valence-electron chi connectivity index (χ0n) is 15.1. The second-order valence-corrected chi connectivity index (χ2v) is 7.16. The predicted molar refractivity (Wildman–Crippen MR) is 92.6 cm³/mol. The van der Waals surface area contributed by atoms with Gasteiger partial charge in [0.2, 0.25) is 0 Å². The maximum absolute atomic E-state index is 12.4. The van der Waals surface area contributed by atoms with Gasteiger partial charge in [0.05, 0.1) is 5.92 Å². The number of ether oxygens (including phenoxy) is 3. The summed E-state index contributed by atoms with van der Waals surface area (Å²) < 4.78 is 16.7. The average Bonchev–Trinajstić information content (AvgIpc) is 3.07. The van der Waals surface area contributed by atoms with Crippen molar-refractivity contribution in [3.8, 4) is 0 Å². The molecule has 0 aromatic heterocycles. The molecule has 0 aromatic rings. The molecular formula is C20H22O6. The van der Waals surface area contributed by atoms with Crippen LogP contribution in [0.3, 0.4) is 0 Å². The van der Waals surface area contributed by atoms with Crippen molar-refractivity contribution in [1.29, 1.82) is 0 Å². The summed E-state index contributed by atoms with van der Waals surface area (Å²) in [6.07, 6.45) is 0.956. The van der Waals surface area contributed by atoms with Gasteiger partial charge in [-0.15, -0.1) is 6.58 Å². The Morgan fingerprint density at radius 1 is 1.15 bits per heavy atom. The van der Waals surface area contributed by atoms with Gasteiger partial charge in [-0.05, 0) is 13.8 Å². The van der Waals surface area contributed by atoms with Crippen molar-refractivity contribution in [3.05, 3.63) is 48.6 Å². The van der Waals surface area contributed by atoms with Crippen LogP contribution >= 0.6 is 0 Å². The van der Waals surface area contributed by atoms with Crippen molar-refractivity contribution in [2.45, 2.75) is 39.1 Å². The van der Waals surface area contributed by atoms with Crippen LogP contribution in [0, 0.1) is 17.3 Å². The topological polar surface area (TPSA) is 78.9 Å². The van der Waals surface area contributed by atoms with Crippen LogP contribution in [0.25, 0.3) is 0 Å². The van der Waals surface area contributed by atoms with Crippen molar-refractivity contribution < 1.29 is 28.6 Å². The number of esters is 3. The fourth-order valence-electron chi connectivity index (χ4n) is 4.14. The molecule has 3 rings (SSSR count). The lowest BCUT2D eigenvalue weighted by molar-refractivity contribution is -0.188. The van der Waals surface area contributed by atoms with E-state index in [2.05, 4.69) is 19.7 Å². The maximum Gasteiger partial charge on any atom is 0.334 e. The first-order valence-electron chi connectivity index (χ1n) is 8.44. The van der Waals surface area contributed by atoms with E-state index in [9.17, 15) is 14.4 Å². The Balaban J connectivity index is 2.11. The molecule has 2 aliphatic heterocycles. The molecule has 0 aromatic carbocycles. The number of allylic oxidation sites excluding steroid dienone is 1. The Bertz CT molecular complexity index is 775. The lowest BCUT2D eigenvalue weighted by Crippen LogP contribution is -2.59. The predicted octanol–water partition coefficient (Wildman–Crippen LogP) is 2.27. The van der Waals surface area contributed by atoms with E-state index in [1.54, 1.807) is 32.9 Å². The highest BCUT2D eigenvalue weighted by Crippen LogP contribution is 2.57. The summed E-state index contributed by atoms with van der Waals surface area (Å²) in [5.41, 5.74) is 0.00829. The number of rotatable bonds is 3. The Kier molecular flexibility index (Phi) is 4.17. The van der Waals surface area contributed by atoms with E-state index in [0.29, 0.717) is 5.57 Å². The van der Waals surface area contributed by atoms with Crippen molar-refractivity contribution in [2.24, 2.45) is 17.3 Å². The summed E-state index contributed by atoms with van der Waals surface area (Å²) in [4.78, 5) is 36.8. The molecule has 6 unspecified atom stereocenters. The van der Waals surface area contributed by atoms with Gasteiger partial charge in [0.25, 0.3) is 0 Å². The molecule has 0 bridgehead atoms. The van der Waals surface area contributed by atoms with Gasteiger partial charge in [0.1, 0.15) is 12.2 Å². The van der Waals surface area contributed by atoms with Crippen LogP contribution in [-0.4, -0.2) is 36.2 Å². The van der Waals surface area contributed by atoms with Crippen LogP contribution in [-0.2, 0) is 28.6 Å². The third kappa shape index (κ3) is 2.28. The highest BCUT2D eigenvalue weighted by Gasteiger charge is 2.67. The minimum Gasteiger partial charge on any atom is -0.458 e. The number of carbonyl (C=O) groups is 3. The fourth-order valence-corrected chi connectivity index (χ4v) is 4.14. The molecule has 3 fully saturated rings. The minimum atomic E-state index is -0.899. The molecule has 0 amide bonds. The van der Waals surface area contributed by atoms with Crippen LogP contribution in [0.15, 0.2) is 48.6 Å². The zero-order chi connectivity index (χ0) is 19.4. The molecule has 3 aliphatic rings. The monoisotopic (exact) mass is 358 g/mol. The van der Waals surface area contributed by atoms with Gasteiger partial charge >= 0.3 is 17.9 Å². The smallest absolute Gasteiger partial charge is 0.334 e. The highest BCUT2D eigenvalue weighted by molar-refractivity contribution is 5.94. The van der Waals surface area contributed by atoms with E-state index >= 15 is 0 Å². The van der Waals surface area contributed by atoms with Crippen LogP contribution in [0.4, 0.5) is 0 Å². The molecule has 6 heteroatoms. The van der Waals surface area contributed by atoms with Crippen molar-refractivity contribution in [3.63, 3.8) is 0 Å². The first-order chi connectivity index (χ1) is 12.2. The number of hydrogen-bond donors (Lipinski definition) is 0. The number of hydrogen-bond acceptors (Lipinski definition) is 6. The van der Waals surface area contributed by atoms with E-state index in [1.807, 2.05) is 0 Å². The molecule has 1 aliphatic carbocycles. The number of carbonyl (C=O) groups excluding carboxylic acids is 3. The summed E-state index contributed by atoms with van der Waals surface area (Å²) in [5, 5.41) is 0. The Hall–Kier alpha value is -2.63. The van der Waals surface area contributed by atoms with Crippen LogP contribution in [0.5, 0.6) is 0 Å². The van der Waals surface area contributed by atoms with Crippen molar-refractivity contribution in [2.75, 3.05) is 0 Å². The van der Waals surface area contributed by atoms with E-state index in [1.165, 1.54) is 0 Å². The third-order valence-corrected chi connectivity index (χ3v) is 5.84. The SMILES string of the molecule is C=CC1(C)C(OC(=O)C(C)=CC)C2OC(=O)C(=C)C2C2OC(=O)C(=C)C21. The van der Waals surface area contributed by atoms with E-state index in [0.717, 1.165) is 0 Å². The van der Waals surface area contributed by atoms with Crippen LogP contribution < -0.4 is 0 Å². The lowest BCUT2D eigenvalue weighted by atomic mass is 9.58.